The van der Waals surface area contributed by atoms with Crippen LogP contribution in [-0.2, 0) is 14.3 Å². The van der Waals surface area contributed by atoms with Crippen LogP contribution in [0.5, 0.6) is 0 Å². The Balaban J connectivity index is 2.84. The van der Waals surface area contributed by atoms with E-state index in [9.17, 15) is 14.4 Å². The molecule has 1 unspecified atom stereocenters. The van der Waals surface area contributed by atoms with Gasteiger partial charge in [-0.15, -0.1) is 0 Å². The van der Waals surface area contributed by atoms with Crippen LogP contribution in [-0.4, -0.2) is 64.7 Å². The normalized spacial score (nSPS) is 16.8. The van der Waals surface area contributed by atoms with Gasteiger partial charge in [-0.25, -0.2) is 4.79 Å². The maximum absolute atomic E-state index is 12.6. The third-order valence-electron chi connectivity index (χ3n) is 3.47. The molecule has 7 nitrogen and oxygen atoms in total. The van der Waals surface area contributed by atoms with Crippen LogP contribution in [0.1, 0.15) is 46.5 Å². The quantitative estimate of drug-likeness (QED) is 0.853. The van der Waals surface area contributed by atoms with Gasteiger partial charge in [-0.3, -0.25) is 14.5 Å². The number of ether oxygens (including phenoxy) is 1. The van der Waals surface area contributed by atoms with Crippen molar-refractivity contribution in [1.29, 1.82) is 0 Å². The van der Waals surface area contributed by atoms with Crippen LogP contribution in [0.3, 0.4) is 0 Å². The van der Waals surface area contributed by atoms with Crippen molar-refractivity contribution >= 4 is 18.0 Å². The number of hydrogen-bond acceptors (Lipinski definition) is 4. The molecule has 126 valence electrons. The molecule has 7 heteroatoms. The highest BCUT2D eigenvalue weighted by molar-refractivity contribution is 5.89. The number of nitrogens with zero attached hydrogens (tertiary/aromatic N) is 2. The predicted molar refractivity (Wildman–Crippen MR) is 80.5 cm³/mol. The Hall–Kier alpha value is -1.79. The van der Waals surface area contributed by atoms with Crippen LogP contribution in [0.25, 0.3) is 0 Å². The monoisotopic (exact) mass is 314 g/mol. The zero-order valence-corrected chi connectivity index (χ0v) is 13.8. The van der Waals surface area contributed by atoms with E-state index in [0.717, 1.165) is 24.2 Å². The lowest BCUT2D eigenvalue weighted by Gasteiger charge is -2.34. The van der Waals surface area contributed by atoms with Gasteiger partial charge in [-0.1, -0.05) is 0 Å². The van der Waals surface area contributed by atoms with E-state index in [4.69, 9.17) is 9.84 Å². The predicted octanol–water partition coefficient (Wildman–Crippen LogP) is 1.71. The van der Waals surface area contributed by atoms with Crippen LogP contribution in [0.4, 0.5) is 4.79 Å². The molecule has 0 aliphatic carbocycles. The lowest BCUT2D eigenvalue weighted by atomic mass is 10.1. The van der Waals surface area contributed by atoms with Gasteiger partial charge in [-0.05, 0) is 40.0 Å². The summed E-state index contributed by atoms with van der Waals surface area (Å²) in [7, 11) is 1.41. The van der Waals surface area contributed by atoms with E-state index in [1.54, 1.807) is 25.7 Å². The number of amides is 2. The number of carboxylic acid groups (broad SMARTS) is 1. The summed E-state index contributed by atoms with van der Waals surface area (Å²) >= 11 is 0. The van der Waals surface area contributed by atoms with Gasteiger partial charge in [0.1, 0.15) is 11.6 Å². The minimum Gasteiger partial charge on any atom is -0.481 e. The maximum Gasteiger partial charge on any atom is 0.410 e. The standard InChI is InChI=1S/C15H26N2O5/c1-15(2,3)22-14(21)16(4)11(10-12(18)19)13(20)17-8-6-5-7-9-17/h11H,5-10H2,1-4H3,(H,18,19). The third-order valence-corrected chi connectivity index (χ3v) is 3.47. The highest BCUT2D eigenvalue weighted by atomic mass is 16.6. The first kappa shape index (κ1) is 18.3. The molecule has 0 aromatic rings. The fourth-order valence-electron chi connectivity index (χ4n) is 2.34. The van der Waals surface area contributed by atoms with Crippen molar-refractivity contribution in [2.24, 2.45) is 0 Å². The number of aliphatic carboxylic acids is 1. The fraction of sp³-hybridized carbons (Fsp3) is 0.800. The van der Waals surface area contributed by atoms with Gasteiger partial charge in [0, 0.05) is 20.1 Å². The van der Waals surface area contributed by atoms with Crippen LogP contribution < -0.4 is 0 Å². The summed E-state index contributed by atoms with van der Waals surface area (Å²) in [5.41, 5.74) is -0.701. The molecule has 1 N–H and O–H groups in total. The largest absolute Gasteiger partial charge is 0.481 e. The summed E-state index contributed by atoms with van der Waals surface area (Å²) in [6.45, 7) is 6.38. The van der Waals surface area contributed by atoms with Crippen molar-refractivity contribution < 1.29 is 24.2 Å². The molecule has 1 aliphatic heterocycles. The second-order valence-corrected chi connectivity index (χ2v) is 6.59. The number of likely N-dealkylation sites (tertiary alicyclic amines) is 1. The van der Waals surface area contributed by atoms with Gasteiger partial charge < -0.3 is 14.7 Å². The summed E-state index contributed by atoms with van der Waals surface area (Å²) in [5.74, 6) is -1.44. The van der Waals surface area contributed by atoms with E-state index >= 15 is 0 Å². The van der Waals surface area contributed by atoms with Crippen molar-refractivity contribution in [3.63, 3.8) is 0 Å². The van der Waals surface area contributed by atoms with Gasteiger partial charge >= 0.3 is 12.1 Å². The zero-order valence-electron chi connectivity index (χ0n) is 13.8. The lowest BCUT2D eigenvalue weighted by Crippen LogP contribution is -2.52. The molecular weight excluding hydrogens is 288 g/mol. The minimum absolute atomic E-state index is 0.324. The van der Waals surface area contributed by atoms with Gasteiger partial charge in [0.2, 0.25) is 5.91 Å². The van der Waals surface area contributed by atoms with E-state index in [1.807, 2.05) is 0 Å². The average molecular weight is 314 g/mol. The first-order valence-electron chi connectivity index (χ1n) is 7.58. The molecule has 0 aromatic heterocycles. The van der Waals surface area contributed by atoms with Crippen LogP contribution in [0.2, 0.25) is 0 Å². The van der Waals surface area contributed by atoms with Crippen molar-refractivity contribution in [1.82, 2.24) is 9.80 Å². The van der Waals surface area contributed by atoms with Crippen LogP contribution >= 0.6 is 0 Å². The Kier molecular flexibility index (Phi) is 6.20. The molecule has 1 atom stereocenters. The molecule has 1 saturated heterocycles. The van der Waals surface area contributed by atoms with Gasteiger partial charge in [0.05, 0.1) is 6.42 Å². The number of carbonyl (C=O) groups is 3. The SMILES string of the molecule is CN(C(=O)OC(C)(C)C)C(CC(=O)O)C(=O)N1CCCCC1. The lowest BCUT2D eigenvalue weighted by molar-refractivity contribution is -0.145. The summed E-state index contributed by atoms with van der Waals surface area (Å²) in [5, 5.41) is 9.04. The van der Waals surface area contributed by atoms with Crippen molar-refractivity contribution in [2.75, 3.05) is 20.1 Å². The highest BCUT2D eigenvalue weighted by Gasteiger charge is 2.35. The molecule has 0 spiro atoms. The number of piperidine rings is 1. The Morgan fingerprint density at radius 1 is 1.18 bits per heavy atom. The second-order valence-electron chi connectivity index (χ2n) is 6.59. The first-order chi connectivity index (χ1) is 10.1. The number of hydrogen-bond donors (Lipinski definition) is 1. The van der Waals surface area contributed by atoms with Crippen molar-refractivity contribution in [3.05, 3.63) is 0 Å². The maximum atomic E-state index is 12.6. The summed E-state index contributed by atoms with van der Waals surface area (Å²) < 4.78 is 5.22. The molecule has 0 radical (unpaired) electrons. The number of rotatable bonds is 4. The molecule has 0 bridgehead atoms. The number of carboxylic acids is 1. The minimum atomic E-state index is -1.12. The van der Waals surface area contributed by atoms with Gasteiger partial charge in [0.15, 0.2) is 0 Å². The summed E-state index contributed by atoms with van der Waals surface area (Å²) in [4.78, 5) is 38.5. The van der Waals surface area contributed by atoms with E-state index < -0.39 is 30.1 Å². The molecule has 2 amide bonds. The first-order valence-corrected chi connectivity index (χ1v) is 7.58. The molecule has 1 fully saturated rings. The summed E-state index contributed by atoms with van der Waals surface area (Å²) in [6, 6.07) is -1.04. The molecule has 1 aliphatic rings. The average Bonchev–Trinajstić information content (AvgIpc) is 2.42. The highest BCUT2D eigenvalue weighted by Crippen LogP contribution is 2.16. The second kappa shape index (κ2) is 7.47. The Morgan fingerprint density at radius 2 is 1.73 bits per heavy atom. The smallest absolute Gasteiger partial charge is 0.410 e. The number of likely N-dealkylation sites (N-methyl/N-ethyl adjacent to an activating group) is 1. The van der Waals surface area contributed by atoms with E-state index in [1.165, 1.54) is 7.05 Å². The third kappa shape index (κ3) is 5.54. The Labute approximate surface area is 131 Å². The van der Waals surface area contributed by atoms with Gasteiger partial charge in [-0.2, -0.15) is 0 Å². The molecule has 22 heavy (non-hydrogen) atoms. The van der Waals surface area contributed by atoms with Crippen LogP contribution in [0.15, 0.2) is 0 Å². The Bertz CT molecular complexity index is 424. The number of carbonyl (C=O) groups excluding carboxylic acids is 2. The molecular formula is C15H26N2O5. The molecule has 1 heterocycles. The topological polar surface area (TPSA) is 87.1 Å². The van der Waals surface area contributed by atoms with Crippen molar-refractivity contribution in [3.8, 4) is 0 Å². The van der Waals surface area contributed by atoms with Crippen LogP contribution in [0, 0.1) is 0 Å². The molecule has 0 aromatic carbocycles. The molecule has 0 saturated carbocycles. The van der Waals surface area contributed by atoms with Gasteiger partial charge in [0.25, 0.3) is 0 Å². The van der Waals surface area contributed by atoms with E-state index in [2.05, 4.69) is 0 Å². The molecule has 1 rings (SSSR count). The Morgan fingerprint density at radius 3 is 2.18 bits per heavy atom. The zero-order chi connectivity index (χ0) is 16.9. The van der Waals surface area contributed by atoms with E-state index in [0.29, 0.717) is 13.1 Å². The summed E-state index contributed by atoms with van der Waals surface area (Å²) in [6.07, 6.45) is 1.76. The van der Waals surface area contributed by atoms with Crippen molar-refractivity contribution in [2.45, 2.75) is 58.1 Å². The fourth-order valence-corrected chi connectivity index (χ4v) is 2.34. The van der Waals surface area contributed by atoms with E-state index in [-0.39, 0.29) is 5.91 Å².